The van der Waals surface area contributed by atoms with Crippen molar-refractivity contribution >= 4 is 0 Å². The molecule has 0 bridgehead atoms. The van der Waals surface area contributed by atoms with Gasteiger partial charge in [-0.05, 0) is 31.0 Å². The molecule has 0 aliphatic rings. The fourth-order valence-corrected chi connectivity index (χ4v) is 2.00. The Morgan fingerprint density at radius 3 is 2.50 bits per heavy atom. The van der Waals surface area contributed by atoms with Crippen LogP contribution in [0.1, 0.15) is 37.6 Å². The van der Waals surface area contributed by atoms with Gasteiger partial charge in [-0.3, -0.25) is 0 Å². The van der Waals surface area contributed by atoms with Gasteiger partial charge < -0.3 is 9.47 Å². The summed E-state index contributed by atoms with van der Waals surface area (Å²) in [6.45, 7) is 8.30. The third kappa shape index (κ3) is 4.78. The van der Waals surface area contributed by atoms with Crippen molar-refractivity contribution in [1.29, 1.82) is 5.26 Å². The maximum atomic E-state index is 8.70. The van der Waals surface area contributed by atoms with Crippen LogP contribution in [0.15, 0.2) is 36.4 Å². The van der Waals surface area contributed by atoms with E-state index in [4.69, 9.17) is 14.7 Å². The number of rotatable bonds is 5. The van der Waals surface area contributed by atoms with E-state index in [2.05, 4.69) is 11.9 Å². The lowest BCUT2D eigenvalue weighted by Crippen LogP contribution is -2.03. The van der Waals surface area contributed by atoms with Gasteiger partial charge in [0.05, 0.1) is 0 Å². The fourth-order valence-electron chi connectivity index (χ4n) is 2.00. The summed E-state index contributed by atoms with van der Waals surface area (Å²) in [6, 6.07) is 11.3. The molecule has 116 valence electrons. The van der Waals surface area contributed by atoms with Crippen molar-refractivity contribution in [2.24, 2.45) is 0 Å². The van der Waals surface area contributed by atoms with Crippen molar-refractivity contribution in [2.45, 2.75) is 40.7 Å². The number of benzene rings is 1. The Morgan fingerprint density at radius 1 is 1.14 bits per heavy atom. The van der Waals surface area contributed by atoms with Gasteiger partial charge in [0.25, 0.3) is 6.26 Å². The topological polar surface area (TPSA) is 55.1 Å². The zero-order chi connectivity index (χ0) is 16.4. The molecule has 0 saturated heterocycles. The monoisotopic (exact) mass is 298 g/mol. The Kier molecular flexibility index (Phi) is 7.49. The number of nitriles is 1. The van der Waals surface area contributed by atoms with Crippen LogP contribution in [0.25, 0.3) is 0 Å². The number of aromatic nitrogens is 1. The Bertz CT molecular complexity index is 633. The van der Waals surface area contributed by atoms with Crippen LogP contribution in [0.3, 0.4) is 0 Å². The minimum atomic E-state index is 0.331. The molecule has 1 heterocycles. The van der Waals surface area contributed by atoms with Crippen molar-refractivity contribution in [3.05, 3.63) is 53.2 Å². The molecule has 0 N–H and O–H groups in total. The first-order valence-electron chi connectivity index (χ1n) is 7.47. The average Bonchev–Trinajstić information content (AvgIpc) is 2.55. The lowest BCUT2D eigenvalue weighted by atomic mass is 10.0. The Labute approximate surface area is 132 Å². The second-order valence-corrected chi connectivity index (χ2v) is 4.35. The maximum Gasteiger partial charge on any atom is 0.292 e. The SMILES string of the molecule is CC.CCc1cccc(OC#N)c1COc1cccc(C)n1. The first-order chi connectivity index (χ1) is 10.7. The Hall–Kier alpha value is -2.54. The first-order valence-corrected chi connectivity index (χ1v) is 7.47. The quantitative estimate of drug-likeness (QED) is 0.767. The molecular weight excluding hydrogens is 276 g/mol. The van der Waals surface area contributed by atoms with Crippen molar-refractivity contribution in [3.8, 4) is 17.9 Å². The van der Waals surface area contributed by atoms with E-state index in [-0.39, 0.29) is 0 Å². The number of hydrogen-bond acceptors (Lipinski definition) is 4. The predicted octanol–water partition coefficient (Wildman–Crippen LogP) is 4.42. The van der Waals surface area contributed by atoms with E-state index in [0.717, 1.165) is 23.2 Å². The summed E-state index contributed by atoms with van der Waals surface area (Å²) in [4.78, 5) is 4.29. The van der Waals surface area contributed by atoms with Crippen LogP contribution < -0.4 is 9.47 Å². The molecule has 1 aromatic heterocycles. The normalized spacial score (nSPS) is 9.23. The fraction of sp³-hybridized carbons (Fsp3) is 0.333. The molecule has 22 heavy (non-hydrogen) atoms. The molecule has 4 nitrogen and oxygen atoms in total. The number of pyridine rings is 1. The largest absolute Gasteiger partial charge is 0.473 e. The smallest absolute Gasteiger partial charge is 0.292 e. The van der Waals surface area contributed by atoms with Gasteiger partial charge in [0, 0.05) is 17.3 Å². The summed E-state index contributed by atoms with van der Waals surface area (Å²) in [7, 11) is 0. The Balaban J connectivity index is 0.00000116. The summed E-state index contributed by atoms with van der Waals surface area (Å²) in [5.74, 6) is 1.11. The highest BCUT2D eigenvalue weighted by atomic mass is 16.5. The van der Waals surface area contributed by atoms with E-state index >= 15 is 0 Å². The van der Waals surface area contributed by atoms with Gasteiger partial charge in [0.15, 0.2) is 0 Å². The van der Waals surface area contributed by atoms with Gasteiger partial charge in [-0.2, -0.15) is 0 Å². The van der Waals surface area contributed by atoms with E-state index in [1.54, 1.807) is 12.3 Å². The molecule has 0 aliphatic carbocycles. The minimum Gasteiger partial charge on any atom is -0.473 e. The molecule has 0 saturated carbocycles. The number of ether oxygens (including phenoxy) is 2. The van der Waals surface area contributed by atoms with Gasteiger partial charge in [-0.15, -0.1) is 5.26 Å². The average molecular weight is 298 g/mol. The lowest BCUT2D eigenvalue weighted by Gasteiger charge is -2.12. The van der Waals surface area contributed by atoms with E-state index in [1.807, 2.05) is 51.1 Å². The molecule has 1 aromatic carbocycles. The molecule has 0 aliphatic heterocycles. The number of nitrogens with zero attached hydrogens (tertiary/aromatic N) is 2. The lowest BCUT2D eigenvalue weighted by molar-refractivity contribution is 0.287. The molecule has 2 aromatic rings. The standard InChI is InChI=1S/C16H16N2O2.C2H6/c1-3-13-7-5-8-15(20-11-17)14(13)10-19-16-9-4-6-12(2)18-16;1-2/h4-9H,3,10H2,1-2H3;1-2H3. The van der Waals surface area contributed by atoms with Crippen LogP contribution in [-0.2, 0) is 13.0 Å². The van der Waals surface area contributed by atoms with Crippen LogP contribution in [0, 0.1) is 18.4 Å². The molecule has 0 radical (unpaired) electrons. The zero-order valence-electron chi connectivity index (χ0n) is 13.6. The highest BCUT2D eigenvalue weighted by molar-refractivity contribution is 5.40. The second kappa shape index (κ2) is 9.41. The van der Waals surface area contributed by atoms with Crippen LogP contribution in [0.4, 0.5) is 0 Å². The zero-order valence-corrected chi connectivity index (χ0v) is 13.6. The summed E-state index contributed by atoms with van der Waals surface area (Å²) in [5.41, 5.74) is 2.89. The van der Waals surface area contributed by atoms with E-state index < -0.39 is 0 Å². The molecule has 0 unspecified atom stereocenters. The van der Waals surface area contributed by atoms with Crippen molar-refractivity contribution in [1.82, 2.24) is 4.98 Å². The van der Waals surface area contributed by atoms with E-state index in [9.17, 15) is 0 Å². The van der Waals surface area contributed by atoms with Crippen LogP contribution in [0.5, 0.6) is 11.6 Å². The van der Waals surface area contributed by atoms with Crippen LogP contribution >= 0.6 is 0 Å². The second-order valence-electron chi connectivity index (χ2n) is 4.35. The van der Waals surface area contributed by atoms with Crippen LogP contribution in [-0.4, -0.2) is 4.98 Å². The maximum absolute atomic E-state index is 8.70. The van der Waals surface area contributed by atoms with E-state index in [1.165, 1.54) is 0 Å². The number of aryl methyl sites for hydroxylation is 2. The van der Waals surface area contributed by atoms with E-state index in [0.29, 0.717) is 18.2 Å². The minimum absolute atomic E-state index is 0.331. The Morgan fingerprint density at radius 2 is 1.86 bits per heavy atom. The van der Waals surface area contributed by atoms with Crippen molar-refractivity contribution in [3.63, 3.8) is 0 Å². The van der Waals surface area contributed by atoms with Crippen molar-refractivity contribution in [2.75, 3.05) is 0 Å². The molecule has 0 atom stereocenters. The summed E-state index contributed by atoms with van der Waals surface area (Å²) in [6.07, 6.45) is 2.56. The number of hydrogen-bond donors (Lipinski definition) is 0. The highest BCUT2D eigenvalue weighted by Crippen LogP contribution is 2.24. The third-order valence-corrected chi connectivity index (χ3v) is 2.99. The third-order valence-electron chi connectivity index (χ3n) is 2.99. The van der Waals surface area contributed by atoms with Crippen molar-refractivity contribution < 1.29 is 9.47 Å². The van der Waals surface area contributed by atoms with Gasteiger partial charge in [0.1, 0.15) is 12.4 Å². The van der Waals surface area contributed by atoms with Crippen LogP contribution in [0.2, 0.25) is 0 Å². The molecular formula is C18H22N2O2. The molecule has 2 rings (SSSR count). The summed E-state index contributed by atoms with van der Waals surface area (Å²) < 4.78 is 10.7. The van der Waals surface area contributed by atoms with Gasteiger partial charge in [-0.25, -0.2) is 4.98 Å². The molecule has 0 fully saturated rings. The molecule has 0 spiro atoms. The predicted molar refractivity (Wildman–Crippen MR) is 86.7 cm³/mol. The van der Waals surface area contributed by atoms with Gasteiger partial charge >= 0.3 is 0 Å². The van der Waals surface area contributed by atoms with Gasteiger partial charge in [-0.1, -0.05) is 39.0 Å². The van der Waals surface area contributed by atoms with Gasteiger partial charge in [0.2, 0.25) is 5.88 Å². The molecule has 0 amide bonds. The summed E-state index contributed by atoms with van der Waals surface area (Å²) in [5, 5.41) is 8.70. The molecule has 4 heteroatoms. The highest BCUT2D eigenvalue weighted by Gasteiger charge is 2.10. The first kappa shape index (κ1) is 17.5. The summed E-state index contributed by atoms with van der Waals surface area (Å²) >= 11 is 0.